The van der Waals surface area contributed by atoms with Gasteiger partial charge in [-0.05, 0) is 55.5 Å². The highest BCUT2D eigenvalue weighted by Crippen LogP contribution is 2.47. The van der Waals surface area contributed by atoms with Crippen LogP contribution in [0.1, 0.15) is 47.6 Å². The molecule has 1 saturated carbocycles. The number of nitrogens with one attached hydrogen (secondary N) is 1. The number of anilines is 1. The molecular weight excluding hydrogens is 364 g/mol. The smallest absolute Gasteiger partial charge is 0.246 e. The third-order valence-electron chi connectivity index (χ3n) is 6.55. The summed E-state index contributed by atoms with van der Waals surface area (Å²) < 4.78 is 0. The molecule has 2 aliphatic rings. The van der Waals surface area contributed by atoms with Crippen molar-refractivity contribution in [2.75, 3.05) is 12.3 Å². The van der Waals surface area contributed by atoms with Crippen molar-refractivity contribution in [1.82, 2.24) is 9.88 Å². The van der Waals surface area contributed by atoms with E-state index >= 15 is 0 Å². The molecule has 1 aromatic carbocycles. The number of nitrogens with zero attached hydrogens (tertiary/aromatic N) is 1. The highest BCUT2D eigenvalue weighted by molar-refractivity contribution is 5.88. The molecule has 1 aromatic heterocycles. The number of phenolic OH excluding ortho intramolecular Hbond substituents is 1. The van der Waals surface area contributed by atoms with Crippen LogP contribution in [0, 0.1) is 12.8 Å². The second kappa shape index (κ2) is 7.35. The van der Waals surface area contributed by atoms with E-state index in [1.165, 1.54) is 6.08 Å². The number of aromatic nitrogens is 1. The van der Waals surface area contributed by atoms with Crippen LogP contribution in [0.5, 0.6) is 5.75 Å². The van der Waals surface area contributed by atoms with Gasteiger partial charge in [-0.25, -0.2) is 0 Å². The number of nitrogens with two attached hydrogens (primary N) is 2. The number of aromatic hydroxyl groups is 1. The van der Waals surface area contributed by atoms with Crippen LogP contribution in [0.15, 0.2) is 36.9 Å². The standard InChI is InChI=1S/C23H28N4O2/c1-3-21(29)27-12-17(14-8-6-9-19(14)27)22-13(2)16(23(25)26-22)11-18(24)15-7-4-5-10-20(15)28/h3-5,7,10-11,14,17,19,26,28H,1,6,8-9,12,24-25H2,2H3/b18-11-. The number of hydrogen-bond donors (Lipinski definition) is 4. The molecule has 2 heterocycles. The Bertz CT molecular complexity index is 991. The van der Waals surface area contributed by atoms with Crippen LogP contribution >= 0.6 is 0 Å². The first kappa shape index (κ1) is 19.2. The van der Waals surface area contributed by atoms with E-state index in [1.54, 1.807) is 18.2 Å². The minimum atomic E-state index is 0.00509. The van der Waals surface area contributed by atoms with E-state index < -0.39 is 0 Å². The Morgan fingerprint density at radius 3 is 2.83 bits per heavy atom. The van der Waals surface area contributed by atoms with E-state index in [9.17, 15) is 9.90 Å². The number of rotatable bonds is 4. The highest BCUT2D eigenvalue weighted by atomic mass is 16.3. The van der Waals surface area contributed by atoms with Crippen LogP contribution in [-0.2, 0) is 4.79 Å². The van der Waals surface area contributed by atoms with Crippen LogP contribution in [0.2, 0.25) is 0 Å². The molecule has 29 heavy (non-hydrogen) atoms. The molecule has 6 nitrogen and oxygen atoms in total. The zero-order valence-electron chi connectivity index (χ0n) is 16.7. The van der Waals surface area contributed by atoms with E-state index in [0.717, 1.165) is 36.1 Å². The fraction of sp³-hybridized carbons (Fsp3) is 0.348. The largest absolute Gasteiger partial charge is 0.507 e. The molecule has 0 bridgehead atoms. The van der Waals surface area contributed by atoms with Crippen molar-refractivity contribution in [2.24, 2.45) is 11.7 Å². The maximum atomic E-state index is 12.3. The second-order valence-electron chi connectivity index (χ2n) is 8.07. The average molecular weight is 393 g/mol. The second-order valence-corrected chi connectivity index (χ2v) is 8.07. The Morgan fingerprint density at radius 1 is 1.34 bits per heavy atom. The van der Waals surface area contributed by atoms with Gasteiger partial charge in [-0.3, -0.25) is 4.79 Å². The molecule has 6 N–H and O–H groups in total. The maximum absolute atomic E-state index is 12.3. The van der Waals surface area contributed by atoms with Gasteiger partial charge in [0.15, 0.2) is 0 Å². The average Bonchev–Trinajstić information content (AvgIpc) is 3.38. The lowest BCUT2D eigenvalue weighted by Crippen LogP contribution is -2.34. The van der Waals surface area contributed by atoms with Crippen LogP contribution in [0.4, 0.5) is 5.82 Å². The summed E-state index contributed by atoms with van der Waals surface area (Å²) in [7, 11) is 0. The first-order valence-corrected chi connectivity index (χ1v) is 10.1. The van der Waals surface area contributed by atoms with E-state index in [-0.39, 0.29) is 23.6 Å². The van der Waals surface area contributed by atoms with Crippen molar-refractivity contribution in [3.8, 4) is 5.75 Å². The molecular formula is C23H28N4O2. The van der Waals surface area contributed by atoms with Crippen molar-refractivity contribution in [3.05, 3.63) is 59.3 Å². The summed E-state index contributed by atoms with van der Waals surface area (Å²) in [6.07, 6.45) is 6.51. The molecule has 3 unspecified atom stereocenters. The molecule has 0 radical (unpaired) electrons. The normalized spacial score (nSPS) is 24.0. The zero-order chi connectivity index (χ0) is 20.7. The number of aromatic amines is 1. The van der Waals surface area contributed by atoms with Crippen molar-refractivity contribution < 1.29 is 9.90 Å². The van der Waals surface area contributed by atoms with Crippen LogP contribution in [0.3, 0.4) is 0 Å². The van der Waals surface area contributed by atoms with Gasteiger partial charge in [-0.1, -0.05) is 25.1 Å². The van der Waals surface area contributed by atoms with Crippen LogP contribution in [-0.4, -0.2) is 33.5 Å². The van der Waals surface area contributed by atoms with Gasteiger partial charge in [-0.2, -0.15) is 0 Å². The summed E-state index contributed by atoms with van der Waals surface area (Å²) >= 11 is 0. The molecule has 2 aromatic rings. The van der Waals surface area contributed by atoms with Gasteiger partial charge in [0.1, 0.15) is 11.6 Å². The summed E-state index contributed by atoms with van der Waals surface area (Å²) in [6, 6.07) is 7.25. The minimum Gasteiger partial charge on any atom is -0.507 e. The van der Waals surface area contributed by atoms with Gasteiger partial charge in [0.2, 0.25) is 5.91 Å². The van der Waals surface area contributed by atoms with E-state index in [2.05, 4.69) is 11.6 Å². The number of amides is 1. The lowest BCUT2D eigenvalue weighted by atomic mass is 9.88. The Balaban J connectivity index is 1.69. The number of para-hydroxylation sites is 1. The van der Waals surface area contributed by atoms with Gasteiger partial charge in [0.25, 0.3) is 0 Å². The molecule has 1 saturated heterocycles. The number of phenols is 1. The monoisotopic (exact) mass is 392 g/mol. The molecule has 1 aliphatic carbocycles. The molecule has 4 rings (SSSR count). The van der Waals surface area contributed by atoms with E-state index in [0.29, 0.717) is 29.5 Å². The lowest BCUT2D eigenvalue weighted by molar-refractivity contribution is -0.126. The Hall–Kier alpha value is -3.15. The third kappa shape index (κ3) is 3.18. The maximum Gasteiger partial charge on any atom is 0.246 e. The van der Waals surface area contributed by atoms with E-state index in [4.69, 9.17) is 11.5 Å². The van der Waals surface area contributed by atoms with E-state index in [1.807, 2.05) is 24.0 Å². The van der Waals surface area contributed by atoms with Crippen LogP contribution in [0.25, 0.3) is 11.8 Å². The number of carbonyl (C=O) groups is 1. The highest BCUT2D eigenvalue weighted by Gasteiger charge is 2.47. The number of fused-ring (bicyclic) bond motifs is 1. The fourth-order valence-corrected chi connectivity index (χ4v) is 5.15. The molecule has 1 aliphatic heterocycles. The van der Waals surface area contributed by atoms with Gasteiger partial charge in [-0.15, -0.1) is 0 Å². The number of carbonyl (C=O) groups excluding carboxylic acids is 1. The fourth-order valence-electron chi connectivity index (χ4n) is 5.15. The summed E-state index contributed by atoms with van der Waals surface area (Å²) in [4.78, 5) is 17.7. The van der Waals surface area contributed by atoms with Gasteiger partial charge in [0, 0.05) is 41.0 Å². The summed E-state index contributed by atoms with van der Waals surface area (Å²) in [5, 5.41) is 10.1. The summed E-state index contributed by atoms with van der Waals surface area (Å²) in [5.41, 5.74) is 16.6. The minimum absolute atomic E-state index is 0.00509. The third-order valence-corrected chi connectivity index (χ3v) is 6.55. The van der Waals surface area contributed by atoms with Gasteiger partial charge >= 0.3 is 0 Å². The van der Waals surface area contributed by atoms with Crippen molar-refractivity contribution in [1.29, 1.82) is 0 Å². The Labute approximate surface area is 170 Å². The lowest BCUT2D eigenvalue weighted by Gasteiger charge is -2.21. The number of benzene rings is 1. The molecule has 3 atom stereocenters. The predicted octanol–water partition coefficient (Wildman–Crippen LogP) is 3.35. The number of H-pyrrole nitrogens is 1. The topological polar surface area (TPSA) is 108 Å². The molecule has 0 spiro atoms. The first-order chi connectivity index (χ1) is 13.9. The van der Waals surface area contributed by atoms with Crippen molar-refractivity contribution in [3.63, 3.8) is 0 Å². The number of nitrogen functional groups attached to an aromatic ring is 1. The SMILES string of the molecule is C=CC(=O)N1CC(c2[nH]c(N)c(/C=C(\N)c3ccccc3O)c2C)C2CCCC21. The van der Waals surface area contributed by atoms with Gasteiger partial charge < -0.3 is 26.5 Å². The molecule has 1 amide bonds. The zero-order valence-corrected chi connectivity index (χ0v) is 16.7. The van der Waals surface area contributed by atoms with Gasteiger partial charge in [0.05, 0.1) is 0 Å². The summed E-state index contributed by atoms with van der Waals surface area (Å²) in [6.45, 7) is 6.38. The number of likely N-dealkylation sites (tertiary alicyclic amines) is 1. The summed E-state index contributed by atoms with van der Waals surface area (Å²) in [5.74, 6) is 1.35. The molecule has 2 fully saturated rings. The number of hydrogen-bond acceptors (Lipinski definition) is 4. The Morgan fingerprint density at radius 2 is 2.10 bits per heavy atom. The van der Waals surface area contributed by atoms with Crippen molar-refractivity contribution >= 4 is 23.5 Å². The van der Waals surface area contributed by atoms with Crippen molar-refractivity contribution in [2.45, 2.75) is 38.1 Å². The predicted molar refractivity (Wildman–Crippen MR) is 116 cm³/mol. The molecule has 6 heteroatoms. The first-order valence-electron chi connectivity index (χ1n) is 10.1. The van der Waals surface area contributed by atoms with Crippen LogP contribution < -0.4 is 11.5 Å². The quantitative estimate of drug-likeness (QED) is 0.598. The Kier molecular flexibility index (Phi) is 4.86. The molecule has 152 valence electrons.